The molecule has 0 spiro atoms. The minimum absolute atomic E-state index is 0.232. The average Bonchev–Trinajstić information content (AvgIpc) is 2.21. The molecule has 1 fully saturated rings. The number of allylic oxidation sites excluding steroid dienone is 2. The van der Waals surface area contributed by atoms with Crippen LogP contribution in [0.5, 0.6) is 0 Å². The first-order valence-electron chi connectivity index (χ1n) is 6.54. The van der Waals surface area contributed by atoms with Gasteiger partial charge in [0, 0.05) is 0 Å². The molecule has 1 heteroatoms. The highest BCUT2D eigenvalue weighted by atomic mass is 16.3. The SMILES string of the molecule is C=C1CC[C@H](C(C)C)[C@@H]2C=C(C)[C@H](O)C[C@H]12. The fraction of sp³-hybridized carbons (Fsp3) is 0.733. The lowest BCUT2D eigenvalue weighted by Gasteiger charge is -2.44. The van der Waals surface area contributed by atoms with Crippen molar-refractivity contribution in [2.45, 2.75) is 46.1 Å². The first kappa shape index (κ1) is 11.9. The molecule has 0 aromatic carbocycles. The fourth-order valence-corrected chi connectivity index (χ4v) is 3.48. The highest BCUT2D eigenvalue weighted by Crippen LogP contribution is 2.47. The van der Waals surface area contributed by atoms with Gasteiger partial charge < -0.3 is 5.11 Å². The van der Waals surface area contributed by atoms with Crippen molar-refractivity contribution in [3.63, 3.8) is 0 Å². The van der Waals surface area contributed by atoms with Gasteiger partial charge in [0.2, 0.25) is 0 Å². The molecule has 0 radical (unpaired) electrons. The van der Waals surface area contributed by atoms with Crippen molar-refractivity contribution in [3.8, 4) is 0 Å². The maximum atomic E-state index is 9.95. The molecule has 0 aromatic rings. The second-order valence-corrected chi connectivity index (χ2v) is 5.95. The first-order valence-corrected chi connectivity index (χ1v) is 6.54. The van der Waals surface area contributed by atoms with Gasteiger partial charge in [0.05, 0.1) is 6.10 Å². The third-order valence-electron chi connectivity index (χ3n) is 4.60. The second-order valence-electron chi connectivity index (χ2n) is 5.95. The molecule has 2 aliphatic rings. The van der Waals surface area contributed by atoms with Crippen molar-refractivity contribution in [2.75, 3.05) is 0 Å². The van der Waals surface area contributed by atoms with E-state index in [4.69, 9.17) is 0 Å². The Hall–Kier alpha value is -0.560. The molecule has 0 heterocycles. The van der Waals surface area contributed by atoms with Crippen LogP contribution in [0.25, 0.3) is 0 Å². The van der Waals surface area contributed by atoms with Gasteiger partial charge in [-0.05, 0) is 55.4 Å². The summed E-state index contributed by atoms with van der Waals surface area (Å²) in [5.74, 6) is 2.67. The van der Waals surface area contributed by atoms with Crippen LogP contribution >= 0.6 is 0 Å². The van der Waals surface area contributed by atoms with Crippen molar-refractivity contribution >= 4 is 0 Å². The molecule has 0 aliphatic heterocycles. The molecule has 2 rings (SSSR count). The van der Waals surface area contributed by atoms with Gasteiger partial charge in [0.25, 0.3) is 0 Å². The molecular formula is C15H24O. The third kappa shape index (κ3) is 1.98. The van der Waals surface area contributed by atoms with Crippen LogP contribution in [0.3, 0.4) is 0 Å². The summed E-state index contributed by atoms with van der Waals surface area (Å²) in [7, 11) is 0. The Morgan fingerprint density at radius 3 is 2.75 bits per heavy atom. The smallest absolute Gasteiger partial charge is 0.0753 e. The van der Waals surface area contributed by atoms with Crippen LogP contribution in [0.1, 0.15) is 40.0 Å². The van der Waals surface area contributed by atoms with E-state index in [2.05, 4.69) is 33.4 Å². The van der Waals surface area contributed by atoms with Crippen LogP contribution in [0.4, 0.5) is 0 Å². The highest BCUT2D eigenvalue weighted by molar-refractivity contribution is 5.22. The van der Waals surface area contributed by atoms with Crippen molar-refractivity contribution in [1.29, 1.82) is 0 Å². The van der Waals surface area contributed by atoms with E-state index in [1.807, 2.05) is 0 Å². The summed E-state index contributed by atoms with van der Waals surface area (Å²) in [6, 6.07) is 0. The standard InChI is InChI=1S/C15H24O/c1-9(2)12-6-5-10(3)13-8-15(16)11(4)7-14(12)13/h7,9,12-16H,3,5-6,8H2,1-2,4H3/t12-,13-,14+,15-/m1/s1. The van der Waals surface area contributed by atoms with Gasteiger partial charge in [-0.25, -0.2) is 0 Å². The molecule has 0 amide bonds. The van der Waals surface area contributed by atoms with Gasteiger partial charge in [0.15, 0.2) is 0 Å². The van der Waals surface area contributed by atoms with Gasteiger partial charge in [0.1, 0.15) is 0 Å². The molecule has 0 aromatic heterocycles. The van der Waals surface area contributed by atoms with E-state index in [1.54, 1.807) is 0 Å². The van der Waals surface area contributed by atoms with Crippen molar-refractivity contribution in [3.05, 3.63) is 23.8 Å². The van der Waals surface area contributed by atoms with Crippen molar-refractivity contribution < 1.29 is 5.11 Å². The number of hydrogen-bond donors (Lipinski definition) is 1. The van der Waals surface area contributed by atoms with E-state index in [1.165, 1.54) is 17.6 Å². The molecule has 0 saturated heterocycles. The lowest BCUT2D eigenvalue weighted by molar-refractivity contribution is 0.110. The number of fused-ring (bicyclic) bond motifs is 1. The van der Waals surface area contributed by atoms with Gasteiger partial charge in [-0.1, -0.05) is 32.1 Å². The quantitative estimate of drug-likeness (QED) is 0.670. The Bertz CT molecular complexity index is 313. The summed E-state index contributed by atoms with van der Waals surface area (Å²) in [4.78, 5) is 0. The molecule has 0 unspecified atom stereocenters. The lowest BCUT2D eigenvalue weighted by Crippen LogP contribution is -2.37. The zero-order valence-corrected chi connectivity index (χ0v) is 10.7. The highest BCUT2D eigenvalue weighted by Gasteiger charge is 2.39. The predicted octanol–water partition coefficient (Wildman–Crippen LogP) is 3.55. The molecule has 1 N–H and O–H groups in total. The first-order chi connectivity index (χ1) is 7.50. The molecule has 1 nitrogen and oxygen atoms in total. The minimum Gasteiger partial charge on any atom is -0.389 e. The number of aliphatic hydroxyl groups excluding tert-OH is 1. The second kappa shape index (κ2) is 4.37. The largest absolute Gasteiger partial charge is 0.389 e. The summed E-state index contributed by atoms with van der Waals surface area (Å²) in [6.07, 6.45) is 5.42. The van der Waals surface area contributed by atoms with Crippen LogP contribution in [-0.4, -0.2) is 11.2 Å². The van der Waals surface area contributed by atoms with Crippen molar-refractivity contribution in [2.24, 2.45) is 23.7 Å². The molecule has 90 valence electrons. The van der Waals surface area contributed by atoms with Crippen molar-refractivity contribution in [1.82, 2.24) is 0 Å². The van der Waals surface area contributed by atoms with E-state index in [-0.39, 0.29) is 6.10 Å². The molecule has 1 saturated carbocycles. The van der Waals surface area contributed by atoms with E-state index >= 15 is 0 Å². The summed E-state index contributed by atoms with van der Waals surface area (Å²) in [5.41, 5.74) is 2.53. The Labute approximate surface area is 99.3 Å². The molecular weight excluding hydrogens is 196 g/mol. The van der Waals surface area contributed by atoms with Crippen LogP contribution < -0.4 is 0 Å². The molecule has 16 heavy (non-hydrogen) atoms. The number of aliphatic hydroxyl groups is 1. The molecule has 4 atom stereocenters. The summed E-state index contributed by atoms with van der Waals surface area (Å²) < 4.78 is 0. The fourth-order valence-electron chi connectivity index (χ4n) is 3.48. The molecule has 0 bridgehead atoms. The normalized spacial score (nSPS) is 39.6. The summed E-state index contributed by atoms with van der Waals surface area (Å²) >= 11 is 0. The van der Waals surface area contributed by atoms with E-state index in [0.717, 1.165) is 24.7 Å². The van der Waals surface area contributed by atoms with E-state index in [9.17, 15) is 5.11 Å². The van der Waals surface area contributed by atoms with Gasteiger partial charge >= 0.3 is 0 Å². The summed E-state index contributed by atoms with van der Waals surface area (Å²) in [6.45, 7) is 10.9. The maximum Gasteiger partial charge on any atom is 0.0753 e. The monoisotopic (exact) mass is 220 g/mol. The van der Waals surface area contributed by atoms with Gasteiger partial charge in [-0.2, -0.15) is 0 Å². The van der Waals surface area contributed by atoms with Gasteiger partial charge in [-0.3, -0.25) is 0 Å². The molecule has 2 aliphatic carbocycles. The topological polar surface area (TPSA) is 20.2 Å². The predicted molar refractivity (Wildman–Crippen MR) is 68.1 cm³/mol. The van der Waals surface area contributed by atoms with E-state index < -0.39 is 0 Å². The Morgan fingerprint density at radius 2 is 2.12 bits per heavy atom. The zero-order valence-electron chi connectivity index (χ0n) is 10.7. The number of hydrogen-bond acceptors (Lipinski definition) is 1. The Balaban J connectivity index is 2.28. The third-order valence-corrected chi connectivity index (χ3v) is 4.60. The Kier molecular flexibility index (Phi) is 3.25. The van der Waals surface area contributed by atoms with E-state index in [0.29, 0.717) is 11.8 Å². The minimum atomic E-state index is -0.232. The number of rotatable bonds is 1. The van der Waals surface area contributed by atoms with Crippen LogP contribution in [0, 0.1) is 23.7 Å². The lowest BCUT2D eigenvalue weighted by atomic mass is 9.62. The van der Waals surface area contributed by atoms with Crippen LogP contribution in [-0.2, 0) is 0 Å². The van der Waals surface area contributed by atoms with Crippen LogP contribution in [0.2, 0.25) is 0 Å². The Morgan fingerprint density at radius 1 is 1.44 bits per heavy atom. The van der Waals surface area contributed by atoms with Gasteiger partial charge in [-0.15, -0.1) is 0 Å². The maximum absolute atomic E-state index is 9.95. The summed E-state index contributed by atoms with van der Waals surface area (Å²) in [5, 5.41) is 9.95. The van der Waals surface area contributed by atoms with Crippen LogP contribution in [0.15, 0.2) is 23.8 Å². The zero-order chi connectivity index (χ0) is 11.9. The average molecular weight is 220 g/mol.